The first-order chi connectivity index (χ1) is 6.67. The third kappa shape index (κ3) is 3.24. The molecule has 0 saturated heterocycles. The van der Waals surface area contributed by atoms with E-state index in [1.807, 2.05) is 19.2 Å². The van der Waals surface area contributed by atoms with Gasteiger partial charge >= 0.3 is 0 Å². The predicted molar refractivity (Wildman–Crippen MR) is 61.8 cm³/mol. The molecule has 1 heterocycles. The van der Waals surface area contributed by atoms with Crippen LogP contribution in [0.25, 0.3) is 0 Å². The monoisotopic (exact) mass is 232 g/mol. The first-order valence-corrected chi connectivity index (χ1v) is 6.38. The molecule has 1 aromatic heterocycles. The van der Waals surface area contributed by atoms with Crippen molar-refractivity contribution in [1.29, 1.82) is 0 Å². The van der Waals surface area contributed by atoms with Crippen LogP contribution in [0, 0.1) is 6.92 Å². The molecule has 2 unspecified atom stereocenters. The molecule has 0 aliphatic carbocycles. The summed E-state index contributed by atoms with van der Waals surface area (Å²) in [5.74, 6) is 0. The fourth-order valence-electron chi connectivity index (χ4n) is 1.04. The number of hydrogen-bond acceptors (Lipinski definition) is 5. The lowest BCUT2D eigenvalue weighted by Gasteiger charge is -2.18. The van der Waals surface area contributed by atoms with Gasteiger partial charge in [0.1, 0.15) is 0 Å². The van der Waals surface area contributed by atoms with Crippen molar-refractivity contribution in [3.8, 4) is 0 Å². The summed E-state index contributed by atoms with van der Waals surface area (Å²) >= 11 is 3.18. The zero-order chi connectivity index (χ0) is 10.6. The zero-order valence-electron chi connectivity index (χ0n) is 8.43. The van der Waals surface area contributed by atoms with Crippen LogP contribution in [0.3, 0.4) is 0 Å². The van der Waals surface area contributed by atoms with Gasteiger partial charge in [-0.1, -0.05) is 18.7 Å². The Kier molecular flexibility index (Phi) is 4.88. The second-order valence-corrected chi connectivity index (χ2v) is 5.51. The maximum Gasteiger partial charge on any atom is 0.150 e. The second kappa shape index (κ2) is 5.70. The van der Waals surface area contributed by atoms with E-state index < -0.39 is 0 Å². The number of aryl methyl sites for hydroxylation is 1. The van der Waals surface area contributed by atoms with Gasteiger partial charge in [0.2, 0.25) is 0 Å². The van der Waals surface area contributed by atoms with Gasteiger partial charge in [0.05, 0.1) is 6.61 Å². The first kappa shape index (κ1) is 12.0. The Bertz CT molecular complexity index is 278. The lowest BCUT2D eigenvalue weighted by molar-refractivity contribution is 0.281. The van der Waals surface area contributed by atoms with Gasteiger partial charge in [-0.3, -0.25) is 0 Å². The second-order valence-electron chi connectivity index (χ2n) is 3.17. The summed E-state index contributed by atoms with van der Waals surface area (Å²) in [7, 11) is 0. The average molecular weight is 232 g/mol. The van der Waals surface area contributed by atoms with E-state index in [0.717, 1.165) is 16.5 Å². The normalized spacial score (nSPS) is 15.4. The molecule has 0 aliphatic rings. The lowest BCUT2D eigenvalue weighted by atomic mass is 10.2. The van der Waals surface area contributed by atoms with Crippen LogP contribution in [0.4, 0.5) is 0 Å². The number of aliphatic hydroxyl groups is 1. The molecule has 5 heteroatoms. The van der Waals surface area contributed by atoms with Crippen molar-refractivity contribution in [3.05, 3.63) is 11.1 Å². The van der Waals surface area contributed by atoms with Gasteiger partial charge in [0.15, 0.2) is 4.34 Å². The van der Waals surface area contributed by atoms with E-state index >= 15 is 0 Å². The van der Waals surface area contributed by atoms with Gasteiger partial charge in [-0.05, 0) is 13.3 Å². The summed E-state index contributed by atoms with van der Waals surface area (Å²) in [6.45, 7) is 4.10. The number of thioether (sulfide) groups is 1. The van der Waals surface area contributed by atoms with Gasteiger partial charge in [0.25, 0.3) is 0 Å². The van der Waals surface area contributed by atoms with Crippen molar-refractivity contribution in [3.63, 3.8) is 0 Å². The largest absolute Gasteiger partial charge is 0.395 e. The molecule has 1 rings (SSSR count). The number of aromatic nitrogens is 1. The van der Waals surface area contributed by atoms with E-state index in [1.54, 1.807) is 23.1 Å². The molecule has 3 N–H and O–H groups in total. The highest BCUT2D eigenvalue weighted by Crippen LogP contribution is 2.28. The van der Waals surface area contributed by atoms with E-state index in [-0.39, 0.29) is 17.9 Å². The summed E-state index contributed by atoms with van der Waals surface area (Å²) in [5, 5.41) is 11.2. The standard InChI is InChI=1S/C9H16N2OS2/c1-3-7(10)8(4-12)14-9-11-6(2)5-13-9/h5,7-8,12H,3-4,10H2,1-2H3. The molecule has 3 nitrogen and oxygen atoms in total. The smallest absolute Gasteiger partial charge is 0.150 e. The molecule has 0 bridgehead atoms. The molecule has 0 spiro atoms. The fourth-order valence-corrected chi connectivity index (χ4v) is 3.19. The van der Waals surface area contributed by atoms with Crippen LogP contribution in [0.1, 0.15) is 19.0 Å². The summed E-state index contributed by atoms with van der Waals surface area (Å²) in [6.07, 6.45) is 0.878. The highest BCUT2D eigenvalue weighted by molar-refractivity contribution is 8.01. The van der Waals surface area contributed by atoms with Gasteiger partial charge in [-0.25, -0.2) is 4.98 Å². The predicted octanol–water partition coefficient (Wildman–Crippen LogP) is 1.64. The van der Waals surface area contributed by atoms with Gasteiger partial charge in [-0.2, -0.15) is 0 Å². The van der Waals surface area contributed by atoms with Crippen LogP contribution >= 0.6 is 23.1 Å². The Balaban J connectivity index is 2.56. The molecule has 80 valence electrons. The zero-order valence-corrected chi connectivity index (χ0v) is 10.1. The average Bonchev–Trinajstić information content (AvgIpc) is 2.59. The highest BCUT2D eigenvalue weighted by Gasteiger charge is 2.17. The lowest BCUT2D eigenvalue weighted by Crippen LogP contribution is -2.34. The Morgan fingerprint density at radius 3 is 2.86 bits per heavy atom. The van der Waals surface area contributed by atoms with Crippen LogP contribution < -0.4 is 5.73 Å². The number of thiazole rings is 1. The van der Waals surface area contributed by atoms with Crippen molar-refractivity contribution >= 4 is 23.1 Å². The summed E-state index contributed by atoms with van der Waals surface area (Å²) in [5.41, 5.74) is 6.91. The molecule has 0 amide bonds. The van der Waals surface area contributed by atoms with Crippen LogP contribution in [0.5, 0.6) is 0 Å². The van der Waals surface area contributed by atoms with Crippen LogP contribution in [0.15, 0.2) is 9.72 Å². The Morgan fingerprint density at radius 2 is 2.43 bits per heavy atom. The van der Waals surface area contributed by atoms with Crippen molar-refractivity contribution in [2.24, 2.45) is 5.73 Å². The molecule has 2 atom stereocenters. The first-order valence-electron chi connectivity index (χ1n) is 4.62. The molecular weight excluding hydrogens is 216 g/mol. The Morgan fingerprint density at radius 1 is 1.71 bits per heavy atom. The van der Waals surface area contributed by atoms with Crippen molar-refractivity contribution < 1.29 is 5.11 Å². The minimum Gasteiger partial charge on any atom is -0.395 e. The van der Waals surface area contributed by atoms with Crippen molar-refractivity contribution in [2.75, 3.05) is 6.61 Å². The number of nitrogens with two attached hydrogens (primary N) is 1. The SMILES string of the molecule is CCC(N)C(CO)Sc1nc(C)cs1. The van der Waals surface area contributed by atoms with Crippen LogP contribution in [0.2, 0.25) is 0 Å². The molecule has 14 heavy (non-hydrogen) atoms. The number of nitrogens with zero attached hydrogens (tertiary/aromatic N) is 1. The molecule has 0 saturated carbocycles. The Hall–Kier alpha value is -0.100. The van der Waals surface area contributed by atoms with Gasteiger partial charge in [0, 0.05) is 22.4 Å². The molecule has 0 radical (unpaired) electrons. The third-order valence-corrected chi connectivity index (χ3v) is 4.40. The number of hydrogen-bond donors (Lipinski definition) is 2. The molecular formula is C9H16N2OS2. The van der Waals surface area contributed by atoms with E-state index in [1.165, 1.54) is 0 Å². The topological polar surface area (TPSA) is 59.1 Å². The summed E-state index contributed by atoms with van der Waals surface area (Å²) in [4.78, 5) is 4.33. The quantitative estimate of drug-likeness (QED) is 0.758. The molecule has 0 aromatic carbocycles. The van der Waals surface area contributed by atoms with E-state index in [2.05, 4.69) is 4.98 Å². The van der Waals surface area contributed by atoms with E-state index in [4.69, 9.17) is 5.73 Å². The van der Waals surface area contributed by atoms with E-state index in [0.29, 0.717) is 0 Å². The summed E-state index contributed by atoms with van der Waals surface area (Å²) < 4.78 is 0.991. The van der Waals surface area contributed by atoms with Gasteiger partial charge < -0.3 is 10.8 Å². The van der Waals surface area contributed by atoms with Crippen molar-refractivity contribution in [2.45, 2.75) is 35.9 Å². The summed E-state index contributed by atoms with van der Waals surface area (Å²) in [6, 6.07) is 0.0363. The Labute approximate surface area is 92.7 Å². The molecule has 0 fully saturated rings. The highest BCUT2D eigenvalue weighted by atomic mass is 32.2. The van der Waals surface area contributed by atoms with Crippen LogP contribution in [-0.4, -0.2) is 28.0 Å². The van der Waals surface area contributed by atoms with Crippen LogP contribution in [-0.2, 0) is 0 Å². The fraction of sp³-hybridized carbons (Fsp3) is 0.667. The number of aliphatic hydroxyl groups excluding tert-OH is 1. The minimum absolute atomic E-state index is 0.0363. The maximum absolute atomic E-state index is 9.17. The maximum atomic E-state index is 9.17. The third-order valence-electron chi connectivity index (χ3n) is 1.98. The molecule has 1 aromatic rings. The molecule has 0 aliphatic heterocycles. The van der Waals surface area contributed by atoms with Crippen molar-refractivity contribution in [1.82, 2.24) is 4.98 Å². The van der Waals surface area contributed by atoms with E-state index in [9.17, 15) is 5.11 Å². The van der Waals surface area contributed by atoms with Gasteiger partial charge in [-0.15, -0.1) is 11.3 Å². The minimum atomic E-state index is 0.0363. The number of rotatable bonds is 5.